The molecule has 1 unspecified atom stereocenters. The Morgan fingerprint density at radius 3 is 2.11 bits per heavy atom. The van der Waals surface area contributed by atoms with Gasteiger partial charge in [0.25, 0.3) is 0 Å². The molecule has 3 atom stereocenters. The molecular weight excluding hydrogens is 515 g/mol. The molecule has 0 saturated carbocycles. The number of hydrogen-bond donors (Lipinski definition) is 2. The third kappa shape index (κ3) is 5.29. The van der Waals surface area contributed by atoms with Gasteiger partial charge in [-0.25, -0.2) is 13.3 Å². The average Bonchev–Trinajstić information content (AvgIpc) is 3.06. The van der Waals surface area contributed by atoms with E-state index in [2.05, 4.69) is 30.9 Å². The molecule has 0 radical (unpaired) electrons. The van der Waals surface area contributed by atoms with Gasteiger partial charge in [-0.15, -0.1) is 13.2 Å². The Morgan fingerprint density at radius 1 is 0.974 bits per heavy atom. The van der Waals surface area contributed by atoms with E-state index < -0.39 is 34.2 Å². The lowest BCUT2D eigenvalue weighted by molar-refractivity contribution is -0.274. The number of ether oxygens (including phenoxy) is 1. The summed E-state index contributed by atoms with van der Waals surface area (Å²) in [6.07, 6.45) is -0.965. The van der Waals surface area contributed by atoms with Crippen LogP contribution in [0.1, 0.15) is 24.0 Å². The Hall–Kier alpha value is -3.34. The highest BCUT2D eigenvalue weighted by Crippen LogP contribution is 2.41. The van der Waals surface area contributed by atoms with Crippen molar-refractivity contribution in [3.63, 3.8) is 0 Å². The molecule has 3 aromatic rings. The maximum Gasteiger partial charge on any atom is 0.573 e. The number of para-hydroxylation sites is 2. The Kier molecular flexibility index (Phi) is 7.21. The van der Waals surface area contributed by atoms with E-state index in [4.69, 9.17) is 0 Å². The van der Waals surface area contributed by atoms with E-state index in [0.717, 1.165) is 36.3 Å². The number of aryl methyl sites for hydroxylation is 2. The van der Waals surface area contributed by atoms with Crippen molar-refractivity contribution < 1.29 is 27.2 Å². The second-order valence-electron chi connectivity index (χ2n) is 9.20. The van der Waals surface area contributed by atoms with Crippen LogP contribution in [0, 0.1) is 0 Å². The average molecular weight is 544 g/mol. The van der Waals surface area contributed by atoms with Gasteiger partial charge in [-0.2, -0.15) is 0 Å². The molecule has 0 spiro atoms. The summed E-state index contributed by atoms with van der Waals surface area (Å²) in [7, 11) is -1.87. The largest absolute Gasteiger partial charge is 0.573 e. The number of rotatable bonds is 5. The van der Waals surface area contributed by atoms with E-state index in [1.165, 1.54) is 30.3 Å². The summed E-state index contributed by atoms with van der Waals surface area (Å²) in [5, 5.41) is 11.6. The zero-order valence-corrected chi connectivity index (χ0v) is 21.5. The highest BCUT2D eigenvalue weighted by atomic mass is 32.2. The van der Waals surface area contributed by atoms with Crippen LogP contribution < -0.4 is 14.4 Å². The number of fused-ring (bicyclic) bond motifs is 2. The van der Waals surface area contributed by atoms with Crippen LogP contribution in [0.4, 0.5) is 24.5 Å². The Bertz CT molecular complexity index is 1420. The molecule has 0 amide bonds. The van der Waals surface area contributed by atoms with Gasteiger partial charge in [-0.05, 0) is 73.2 Å². The molecule has 0 bridgehead atoms. The van der Waals surface area contributed by atoms with Gasteiger partial charge in [0.2, 0.25) is 0 Å². The van der Waals surface area contributed by atoms with Crippen LogP contribution in [0.25, 0.3) is 0 Å². The van der Waals surface area contributed by atoms with E-state index in [1.54, 1.807) is 0 Å². The van der Waals surface area contributed by atoms with Gasteiger partial charge >= 0.3 is 6.36 Å². The fraction of sp³-hybridized carbons (Fsp3) is 0.286. The molecule has 10 heteroatoms. The van der Waals surface area contributed by atoms with Crippen LogP contribution in [0.3, 0.4) is 0 Å². The van der Waals surface area contributed by atoms with Gasteiger partial charge in [0.1, 0.15) is 21.8 Å². The van der Waals surface area contributed by atoms with Crippen molar-refractivity contribution in [1.29, 1.82) is 0 Å². The maximum atomic E-state index is 13.8. The molecule has 200 valence electrons. The van der Waals surface area contributed by atoms with E-state index in [1.807, 2.05) is 42.5 Å². The molecule has 1 aliphatic heterocycles. The topological polar surface area (TPSA) is 74.2 Å². The second-order valence-corrected chi connectivity index (χ2v) is 11.3. The van der Waals surface area contributed by atoms with Gasteiger partial charge in [-0.1, -0.05) is 42.5 Å². The number of aliphatic hydroxyl groups is 1. The number of nitrogens with zero attached hydrogens (tertiary/aromatic N) is 2. The van der Waals surface area contributed by atoms with Crippen LogP contribution in [0.5, 0.6) is 5.75 Å². The molecule has 2 N–H and O–H groups in total. The zero-order chi connectivity index (χ0) is 26.9. The molecule has 6 nitrogen and oxygen atoms in total. The number of halogens is 3. The number of hydrogen-bond acceptors (Lipinski definition) is 5. The molecule has 2 aliphatic rings. The molecule has 3 aromatic carbocycles. The SMILES string of the molecule is CN=S(=O)(N[C@H]1CCC=C(N2c3ccccc3CCc3ccccc32)[C@H]1O)c1ccc(OC(F)(F)F)cc1. The quantitative estimate of drug-likeness (QED) is 0.421. The molecule has 0 fully saturated rings. The van der Waals surface area contributed by atoms with Gasteiger partial charge in [0.05, 0.1) is 10.9 Å². The molecule has 0 saturated heterocycles. The van der Waals surface area contributed by atoms with Gasteiger partial charge in [-0.3, -0.25) is 0 Å². The van der Waals surface area contributed by atoms with Crippen LogP contribution in [0.2, 0.25) is 0 Å². The predicted molar refractivity (Wildman–Crippen MR) is 141 cm³/mol. The second kappa shape index (κ2) is 10.4. The van der Waals surface area contributed by atoms with Crippen molar-refractivity contribution in [2.75, 3.05) is 11.9 Å². The van der Waals surface area contributed by atoms with Crippen molar-refractivity contribution in [2.45, 2.75) is 49.1 Å². The highest BCUT2D eigenvalue weighted by molar-refractivity contribution is 7.91. The zero-order valence-electron chi connectivity index (χ0n) is 20.7. The monoisotopic (exact) mass is 543 g/mol. The van der Waals surface area contributed by atoms with E-state index in [0.29, 0.717) is 18.5 Å². The summed E-state index contributed by atoms with van der Waals surface area (Å²) >= 11 is 0. The van der Waals surface area contributed by atoms with Gasteiger partial charge in [0, 0.05) is 24.1 Å². The van der Waals surface area contributed by atoms with Crippen LogP contribution in [0.15, 0.2) is 93.8 Å². The Balaban J connectivity index is 1.45. The summed E-state index contributed by atoms with van der Waals surface area (Å²) in [6, 6.07) is 20.4. The van der Waals surface area contributed by atoms with E-state index in [9.17, 15) is 22.5 Å². The third-order valence-electron chi connectivity index (χ3n) is 6.85. The van der Waals surface area contributed by atoms with Crippen molar-refractivity contribution >= 4 is 21.3 Å². The molecule has 1 heterocycles. The summed E-state index contributed by atoms with van der Waals surface area (Å²) in [6.45, 7) is 0. The first-order valence-corrected chi connectivity index (χ1v) is 13.8. The summed E-state index contributed by atoms with van der Waals surface area (Å²) in [5.41, 5.74) is 5.00. The predicted octanol–water partition coefficient (Wildman–Crippen LogP) is 5.89. The minimum atomic E-state index is -4.82. The first kappa shape index (κ1) is 26.3. The van der Waals surface area contributed by atoms with Gasteiger partial charge < -0.3 is 14.7 Å². The molecule has 38 heavy (non-hydrogen) atoms. The number of anilines is 2. The Labute approximate surface area is 220 Å². The lowest BCUT2D eigenvalue weighted by Crippen LogP contribution is -2.48. The van der Waals surface area contributed by atoms with Crippen LogP contribution >= 0.6 is 0 Å². The first-order chi connectivity index (χ1) is 18.2. The normalized spacial score (nSPS) is 20.9. The minimum absolute atomic E-state index is 0.197. The fourth-order valence-electron chi connectivity index (χ4n) is 5.06. The highest BCUT2D eigenvalue weighted by Gasteiger charge is 2.35. The number of benzene rings is 3. The third-order valence-corrected chi connectivity index (χ3v) is 8.89. The molecule has 0 aromatic heterocycles. The first-order valence-electron chi connectivity index (χ1n) is 12.3. The van der Waals surface area contributed by atoms with Gasteiger partial charge in [0.15, 0.2) is 0 Å². The lowest BCUT2D eigenvalue weighted by atomic mass is 9.94. The standard InChI is InChI=1S/C28H28F3N3O3S/c1-32-38(36,22-17-15-21(16-18-22)37-28(29,30)31)33-23-9-6-12-26(27(23)35)34-24-10-4-2-7-19(24)13-14-20-8-3-5-11-25(20)34/h2-5,7-8,10-12,15-18,23,27,35H,6,9,13-14H2,1H3,(H,32,33,36)/t23-,27-,38?/m0/s1. The summed E-state index contributed by atoms with van der Waals surface area (Å²) in [5.74, 6) is -0.416. The summed E-state index contributed by atoms with van der Waals surface area (Å²) < 4.78 is 62.5. The van der Waals surface area contributed by atoms with Crippen molar-refractivity contribution in [3.05, 3.63) is 95.7 Å². The van der Waals surface area contributed by atoms with Crippen molar-refractivity contribution in [1.82, 2.24) is 4.72 Å². The molecule has 5 rings (SSSR count). The number of alkyl halides is 3. The Morgan fingerprint density at radius 2 is 1.55 bits per heavy atom. The van der Waals surface area contributed by atoms with E-state index >= 15 is 0 Å². The van der Waals surface area contributed by atoms with Crippen molar-refractivity contribution in [3.8, 4) is 5.75 Å². The maximum absolute atomic E-state index is 13.8. The fourth-order valence-corrected chi connectivity index (χ4v) is 6.67. The van der Waals surface area contributed by atoms with E-state index in [-0.39, 0.29) is 4.90 Å². The molecular formula is C28H28F3N3O3S. The number of aliphatic hydroxyl groups excluding tert-OH is 1. The van der Waals surface area contributed by atoms with Crippen LogP contribution in [-0.4, -0.2) is 34.9 Å². The number of nitrogens with one attached hydrogen (secondary N) is 1. The smallest absolute Gasteiger partial charge is 0.406 e. The summed E-state index contributed by atoms with van der Waals surface area (Å²) in [4.78, 5) is 2.29. The van der Waals surface area contributed by atoms with Crippen LogP contribution in [-0.2, 0) is 22.8 Å². The minimum Gasteiger partial charge on any atom is -0.406 e. The van der Waals surface area contributed by atoms with Crippen molar-refractivity contribution in [2.24, 2.45) is 4.36 Å². The molecule has 1 aliphatic carbocycles. The number of allylic oxidation sites excluding steroid dienone is 1. The lowest BCUT2D eigenvalue weighted by Gasteiger charge is -2.38.